The highest BCUT2D eigenvalue weighted by Crippen LogP contribution is 2.24. The molecule has 0 amide bonds. The Balaban J connectivity index is 3.31. The lowest BCUT2D eigenvalue weighted by molar-refractivity contribution is 0.588. The highest BCUT2D eigenvalue weighted by molar-refractivity contribution is 7.91. The Labute approximate surface area is 103 Å². The standard InChI is InChI=1S/C13H17NO2S/c1-9-5-11(3)13(12(4)6-9)17(15,16)8-10(2)7-14/h5-6,10H,8H2,1-4H3. The normalized spacial score (nSPS) is 13.1. The Kier molecular flexibility index (Phi) is 3.94. The summed E-state index contributed by atoms with van der Waals surface area (Å²) in [6.45, 7) is 7.15. The molecule has 0 radical (unpaired) electrons. The van der Waals surface area contributed by atoms with Gasteiger partial charge in [0.1, 0.15) is 0 Å². The van der Waals surface area contributed by atoms with Crippen LogP contribution in [0.2, 0.25) is 0 Å². The Morgan fingerprint density at radius 1 is 1.24 bits per heavy atom. The van der Waals surface area contributed by atoms with Crippen LogP contribution in [0.1, 0.15) is 23.6 Å². The van der Waals surface area contributed by atoms with Gasteiger partial charge in [-0.2, -0.15) is 5.26 Å². The number of hydrogen-bond donors (Lipinski definition) is 0. The van der Waals surface area contributed by atoms with Crippen LogP contribution in [-0.2, 0) is 9.84 Å². The molecule has 0 heterocycles. The molecule has 1 unspecified atom stereocenters. The third-order valence-electron chi connectivity index (χ3n) is 2.61. The van der Waals surface area contributed by atoms with Gasteiger partial charge < -0.3 is 0 Å². The second-order valence-corrected chi connectivity index (χ2v) is 6.51. The highest BCUT2D eigenvalue weighted by atomic mass is 32.2. The van der Waals surface area contributed by atoms with E-state index in [2.05, 4.69) is 0 Å². The monoisotopic (exact) mass is 251 g/mol. The van der Waals surface area contributed by atoms with Gasteiger partial charge in [-0.15, -0.1) is 0 Å². The van der Waals surface area contributed by atoms with Crippen molar-refractivity contribution in [3.63, 3.8) is 0 Å². The van der Waals surface area contributed by atoms with Gasteiger partial charge >= 0.3 is 0 Å². The molecular formula is C13H17NO2S. The molecule has 0 bridgehead atoms. The molecular weight excluding hydrogens is 234 g/mol. The largest absolute Gasteiger partial charge is 0.224 e. The second kappa shape index (κ2) is 4.89. The third kappa shape index (κ3) is 3.07. The molecule has 0 aliphatic rings. The molecule has 0 fully saturated rings. The summed E-state index contributed by atoms with van der Waals surface area (Å²) in [6.07, 6.45) is 0. The van der Waals surface area contributed by atoms with Crippen LogP contribution < -0.4 is 0 Å². The summed E-state index contributed by atoms with van der Waals surface area (Å²) in [7, 11) is -3.37. The number of nitrogens with zero attached hydrogens (tertiary/aromatic N) is 1. The van der Waals surface area contributed by atoms with Gasteiger partial charge in [-0.1, -0.05) is 17.7 Å². The summed E-state index contributed by atoms with van der Waals surface area (Å²) in [5.74, 6) is -0.603. The van der Waals surface area contributed by atoms with Crippen LogP contribution in [0, 0.1) is 38.0 Å². The molecule has 0 spiro atoms. The molecule has 0 aliphatic carbocycles. The van der Waals surface area contributed by atoms with Crippen molar-refractivity contribution in [2.24, 2.45) is 5.92 Å². The average Bonchev–Trinajstić information content (AvgIpc) is 2.14. The lowest BCUT2D eigenvalue weighted by Gasteiger charge is -2.12. The molecule has 92 valence electrons. The van der Waals surface area contributed by atoms with Crippen LogP contribution in [0.3, 0.4) is 0 Å². The van der Waals surface area contributed by atoms with E-state index in [9.17, 15) is 8.42 Å². The van der Waals surface area contributed by atoms with Crippen LogP contribution in [0.5, 0.6) is 0 Å². The molecule has 0 aliphatic heterocycles. The molecule has 0 aromatic heterocycles. The maximum absolute atomic E-state index is 12.2. The first-order valence-electron chi connectivity index (χ1n) is 5.48. The van der Waals surface area contributed by atoms with E-state index in [4.69, 9.17) is 5.26 Å². The predicted molar refractivity (Wildman–Crippen MR) is 67.5 cm³/mol. The second-order valence-electron chi connectivity index (χ2n) is 4.54. The van der Waals surface area contributed by atoms with Crippen molar-refractivity contribution < 1.29 is 8.42 Å². The maximum atomic E-state index is 12.2. The van der Waals surface area contributed by atoms with E-state index in [0.29, 0.717) is 4.90 Å². The molecule has 1 rings (SSSR count). The fraction of sp³-hybridized carbons (Fsp3) is 0.462. The Hall–Kier alpha value is -1.34. The molecule has 1 aromatic rings. The van der Waals surface area contributed by atoms with Crippen molar-refractivity contribution in [2.45, 2.75) is 32.6 Å². The summed E-state index contributed by atoms with van der Waals surface area (Å²) < 4.78 is 24.4. The van der Waals surface area contributed by atoms with Crippen LogP contribution in [0.25, 0.3) is 0 Å². The lowest BCUT2D eigenvalue weighted by Crippen LogP contribution is -2.15. The van der Waals surface area contributed by atoms with Gasteiger partial charge in [0.25, 0.3) is 0 Å². The van der Waals surface area contributed by atoms with Crippen molar-refractivity contribution in [3.8, 4) is 6.07 Å². The first kappa shape index (κ1) is 13.7. The van der Waals surface area contributed by atoms with Gasteiger partial charge in [0.2, 0.25) is 0 Å². The number of nitriles is 1. The van der Waals surface area contributed by atoms with Gasteiger partial charge in [0.05, 0.1) is 22.6 Å². The minimum Gasteiger partial charge on any atom is -0.224 e. The summed E-state index contributed by atoms with van der Waals surface area (Å²) in [6, 6.07) is 5.68. The number of benzene rings is 1. The highest BCUT2D eigenvalue weighted by Gasteiger charge is 2.22. The van der Waals surface area contributed by atoms with Crippen molar-refractivity contribution in [1.29, 1.82) is 5.26 Å². The average molecular weight is 251 g/mol. The van der Waals surface area contributed by atoms with Gasteiger partial charge in [-0.3, -0.25) is 0 Å². The molecule has 4 heteroatoms. The topological polar surface area (TPSA) is 57.9 Å². The predicted octanol–water partition coefficient (Wildman–Crippen LogP) is 2.55. The first-order chi connectivity index (χ1) is 7.77. The number of sulfone groups is 1. The summed E-state index contributed by atoms with van der Waals surface area (Å²) in [5.41, 5.74) is 2.56. The molecule has 0 saturated heterocycles. The zero-order valence-corrected chi connectivity index (χ0v) is 11.4. The maximum Gasteiger partial charge on any atom is 0.180 e. The van der Waals surface area contributed by atoms with Crippen LogP contribution in [-0.4, -0.2) is 14.2 Å². The van der Waals surface area contributed by atoms with Crippen LogP contribution in [0.4, 0.5) is 0 Å². The fourth-order valence-corrected chi connectivity index (χ4v) is 4.11. The van der Waals surface area contributed by atoms with Gasteiger partial charge in [0, 0.05) is 0 Å². The van der Waals surface area contributed by atoms with Crippen LogP contribution >= 0.6 is 0 Å². The molecule has 1 atom stereocenters. The molecule has 3 nitrogen and oxygen atoms in total. The fourth-order valence-electron chi connectivity index (χ4n) is 2.11. The van der Waals surface area contributed by atoms with E-state index in [1.807, 2.05) is 25.1 Å². The SMILES string of the molecule is Cc1cc(C)c(S(=O)(=O)CC(C)C#N)c(C)c1. The minimum absolute atomic E-state index is 0.117. The zero-order valence-electron chi connectivity index (χ0n) is 10.6. The summed E-state index contributed by atoms with van der Waals surface area (Å²) in [4.78, 5) is 0.380. The third-order valence-corrected chi connectivity index (χ3v) is 4.81. The Morgan fingerprint density at radius 3 is 2.12 bits per heavy atom. The van der Waals surface area contributed by atoms with Crippen molar-refractivity contribution in [3.05, 3.63) is 28.8 Å². The van der Waals surface area contributed by atoms with E-state index in [1.165, 1.54) is 0 Å². The Bertz CT molecular complexity index is 545. The van der Waals surface area contributed by atoms with Crippen molar-refractivity contribution in [1.82, 2.24) is 0 Å². The molecule has 0 saturated carbocycles. The number of hydrogen-bond acceptors (Lipinski definition) is 3. The number of aryl methyl sites for hydroxylation is 3. The first-order valence-corrected chi connectivity index (χ1v) is 7.13. The van der Waals surface area contributed by atoms with E-state index in [0.717, 1.165) is 16.7 Å². The summed E-state index contributed by atoms with van der Waals surface area (Å²) >= 11 is 0. The van der Waals surface area contributed by atoms with Gasteiger partial charge in [-0.05, 0) is 38.8 Å². The molecule has 17 heavy (non-hydrogen) atoms. The van der Waals surface area contributed by atoms with Gasteiger partial charge in [-0.25, -0.2) is 8.42 Å². The minimum atomic E-state index is -3.37. The van der Waals surface area contributed by atoms with E-state index < -0.39 is 15.8 Å². The Morgan fingerprint density at radius 2 is 1.71 bits per heavy atom. The molecule has 1 aromatic carbocycles. The smallest absolute Gasteiger partial charge is 0.180 e. The lowest BCUT2D eigenvalue weighted by atomic mass is 10.1. The van der Waals surface area contributed by atoms with E-state index >= 15 is 0 Å². The van der Waals surface area contributed by atoms with Crippen LogP contribution in [0.15, 0.2) is 17.0 Å². The summed E-state index contributed by atoms with van der Waals surface area (Å²) in [5, 5.41) is 8.71. The van der Waals surface area contributed by atoms with Gasteiger partial charge in [0.15, 0.2) is 9.84 Å². The molecule has 0 N–H and O–H groups in total. The van der Waals surface area contributed by atoms with Crippen molar-refractivity contribution >= 4 is 9.84 Å². The quantitative estimate of drug-likeness (QED) is 0.829. The number of rotatable bonds is 3. The van der Waals surface area contributed by atoms with E-state index in [1.54, 1.807) is 20.8 Å². The van der Waals surface area contributed by atoms with E-state index in [-0.39, 0.29) is 5.75 Å². The zero-order chi connectivity index (χ0) is 13.2. The van der Waals surface area contributed by atoms with Crippen molar-refractivity contribution in [2.75, 3.05) is 5.75 Å².